The fourth-order valence-electron chi connectivity index (χ4n) is 0.981. The quantitative estimate of drug-likeness (QED) is 0.511. The number of aliphatic carboxylic acids is 1. The second-order valence-corrected chi connectivity index (χ2v) is 5.60. The molecule has 1 N–H and O–H groups in total. The molecule has 0 heterocycles. The summed E-state index contributed by atoms with van der Waals surface area (Å²) in [5.74, 6) is -1.40. The molecule has 0 fully saturated rings. The van der Waals surface area contributed by atoms with Crippen LogP contribution in [-0.2, 0) is 14.6 Å². The number of rotatable bonds is 8. The maximum atomic E-state index is 11.3. The normalized spacial score (nSPS) is 12.1. The van der Waals surface area contributed by atoms with Gasteiger partial charge in [-0.25, -0.2) is 8.42 Å². The maximum Gasteiger partial charge on any atom is 0.304 e. The van der Waals surface area contributed by atoms with Crippen molar-refractivity contribution in [1.29, 1.82) is 0 Å². The first-order valence-electron chi connectivity index (χ1n) is 5.05. The van der Waals surface area contributed by atoms with E-state index in [1.54, 1.807) is 6.08 Å². The zero-order valence-electron chi connectivity index (χ0n) is 8.98. The fraction of sp³-hybridized carbons (Fsp3) is 0.700. The van der Waals surface area contributed by atoms with Crippen LogP contribution in [0.3, 0.4) is 0 Å². The van der Waals surface area contributed by atoms with E-state index in [4.69, 9.17) is 5.11 Å². The van der Waals surface area contributed by atoms with E-state index < -0.39 is 15.8 Å². The predicted octanol–water partition coefficient (Wildman–Crippen LogP) is 1.62. The molecule has 0 rings (SSSR count). The van der Waals surface area contributed by atoms with Crippen LogP contribution in [0.15, 0.2) is 12.2 Å². The molecular formula is C10H18O4S. The van der Waals surface area contributed by atoms with Crippen LogP contribution in [0.1, 0.15) is 32.6 Å². The van der Waals surface area contributed by atoms with E-state index in [-0.39, 0.29) is 17.9 Å². The molecule has 0 saturated carbocycles. The Hall–Kier alpha value is -0.840. The molecule has 0 aromatic carbocycles. The number of carboxylic acids is 1. The van der Waals surface area contributed by atoms with Crippen molar-refractivity contribution in [2.24, 2.45) is 0 Å². The number of allylic oxidation sites excluding steroid dienone is 1. The van der Waals surface area contributed by atoms with Crippen molar-refractivity contribution in [3.63, 3.8) is 0 Å². The third-order valence-corrected chi connectivity index (χ3v) is 3.39. The molecule has 0 unspecified atom stereocenters. The summed E-state index contributed by atoms with van der Waals surface area (Å²) in [5, 5.41) is 8.34. The third kappa shape index (κ3) is 9.46. The average molecular weight is 234 g/mol. The minimum Gasteiger partial charge on any atom is -0.481 e. The standard InChI is InChI=1S/C10H18O4S/c1-2-3-4-5-6-8-15(13,14)9-7-10(11)12/h5-6H,2-4,7-9H2,1H3,(H,11,12). The Kier molecular flexibility index (Phi) is 7.03. The van der Waals surface area contributed by atoms with Crippen molar-refractivity contribution in [2.75, 3.05) is 11.5 Å². The van der Waals surface area contributed by atoms with Gasteiger partial charge >= 0.3 is 5.97 Å². The Bertz CT molecular complexity index is 303. The van der Waals surface area contributed by atoms with Crippen molar-refractivity contribution >= 4 is 15.8 Å². The summed E-state index contributed by atoms with van der Waals surface area (Å²) in [6.07, 6.45) is 6.13. The second kappa shape index (κ2) is 7.45. The van der Waals surface area contributed by atoms with Crippen LogP contribution in [0.2, 0.25) is 0 Å². The maximum absolute atomic E-state index is 11.3. The number of carboxylic acid groups (broad SMARTS) is 1. The Morgan fingerprint density at radius 1 is 1.33 bits per heavy atom. The Balaban J connectivity index is 3.83. The van der Waals surface area contributed by atoms with Gasteiger partial charge in [0.1, 0.15) is 0 Å². The fourth-order valence-corrected chi connectivity index (χ4v) is 2.06. The van der Waals surface area contributed by atoms with Gasteiger partial charge in [0.2, 0.25) is 0 Å². The molecule has 0 aromatic rings. The van der Waals surface area contributed by atoms with Crippen LogP contribution in [-0.4, -0.2) is 31.0 Å². The smallest absolute Gasteiger partial charge is 0.304 e. The highest BCUT2D eigenvalue weighted by atomic mass is 32.2. The monoisotopic (exact) mass is 234 g/mol. The lowest BCUT2D eigenvalue weighted by atomic mass is 10.2. The van der Waals surface area contributed by atoms with Gasteiger partial charge < -0.3 is 5.11 Å². The van der Waals surface area contributed by atoms with Gasteiger partial charge in [-0.1, -0.05) is 31.9 Å². The molecule has 0 bridgehead atoms. The largest absolute Gasteiger partial charge is 0.481 e. The summed E-state index contributed by atoms with van der Waals surface area (Å²) in [6.45, 7) is 2.07. The predicted molar refractivity (Wildman–Crippen MR) is 59.6 cm³/mol. The number of hydrogen-bond donors (Lipinski definition) is 1. The minimum atomic E-state index is -3.23. The number of sulfone groups is 1. The van der Waals surface area contributed by atoms with Crippen LogP contribution in [0.5, 0.6) is 0 Å². The number of hydrogen-bond acceptors (Lipinski definition) is 3. The van der Waals surface area contributed by atoms with Crippen LogP contribution >= 0.6 is 0 Å². The second-order valence-electron chi connectivity index (χ2n) is 3.37. The molecule has 88 valence electrons. The van der Waals surface area contributed by atoms with Gasteiger partial charge in [-0.2, -0.15) is 0 Å². The average Bonchev–Trinajstić information content (AvgIpc) is 2.15. The third-order valence-electron chi connectivity index (χ3n) is 1.87. The van der Waals surface area contributed by atoms with Crippen molar-refractivity contribution in [3.05, 3.63) is 12.2 Å². The summed E-state index contributed by atoms with van der Waals surface area (Å²) in [6, 6.07) is 0. The molecule has 5 heteroatoms. The first kappa shape index (κ1) is 14.2. The Morgan fingerprint density at radius 3 is 2.53 bits per heavy atom. The van der Waals surface area contributed by atoms with Crippen molar-refractivity contribution < 1.29 is 18.3 Å². The van der Waals surface area contributed by atoms with Gasteiger partial charge in [0, 0.05) is 0 Å². The summed E-state index contributed by atoms with van der Waals surface area (Å²) < 4.78 is 22.5. The summed E-state index contributed by atoms with van der Waals surface area (Å²) in [7, 11) is -3.23. The van der Waals surface area contributed by atoms with E-state index in [9.17, 15) is 13.2 Å². The number of unbranched alkanes of at least 4 members (excludes halogenated alkanes) is 2. The lowest BCUT2D eigenvalue weighted by Gasteiger charge is -1.97. The first-order chi connectivity index (χ1) is 6.98. The van der Waals surface area contributed by atoms with Crippen LogP contribution < -0.4 is 0 Å². The molecule has 0 atom stereocenters. The van der Waals surface area contributed by atoms with Gasteiger partial charge in [0.15, 0.2) is 9.84 Å². The Labute approximate surface area is 90.9 Å². The van der Waals surface area contributed by atoms with Gasteiger partial charge in [-0.05, 0) is 6.42 Å². The molecule has 15 heavy (non-hydrogen) atoms. The molecule has 0 aliphatic heterocycles. The molecule has 0 aromatic heterocycles. The van der Waals surface area contributed by atoms with E-state index >= 15 is 0 Å². The van der Waals surface area contributed by atoms with Gasteiger partial charge in [0.05, 0.1) is 17.9 Å². The topological polar surface area (TPSA) is 71.4 Å². The van der Waals surface area contributed by atoms with Crippen molar-refractivity contribution in [3.8, 4) is 0 Å². The minimum absolute atomic E-state index is 0.0516. The number of carbonyl (C=O) groups is 1. The van der Waals surface area contributed by atoms with Crippen molar-refractivity contribution in [2.45, 2.75) is 32.6 Å². The van der Waals surface area contributed by atoms with E-state index in [2.05, 4.69) is 6.92 Å². The molecule has 0 amide bonds. The molecular weight excluding hydrogens is 216 g/mol. The Morgan fingerprint density at radius 2 is 2.00 bits per heavy atom. The summed E-state index contributed by atoms with van der Waals surface area (Å²) in [5.41, 5.74) is 0. The highest BCUT2D eigenvalue weighted by Gasteiger charge is 2.10. The zero-order chi connectivity index (χ0) is 11.7. The van der Waals surface area contributed by atoms with E-state index in [1.807, 2.05) is 6.08 Å². The van der Waals surface area contributed by atoms with Crippen LogP contribution in [0.4, 0.5) is 0 Å². The van der Waals surface area contributed by atoms with Gasteiger partial charge in [-0.3, -0.25) is 4.79 Å². The van der Waals surface area contributed by atoms with E-state index in [0.717, 1.165) is 19.3 Å². The van der Waals surface area contributed by atoms with Crippen LogP contribution in [0, 0.1) is 0 Å². The van der Waals surface area contributed by atoms with E-state index in [0.29, 0.717) is 0 Å². The molecule has 0 radical (unpaired) electrons. The zero-order valence-corrected chi connectivity index (χ0v) is 9.79. The van der Waals surface area contributed by atoms with Gasteiger partial charge in [-0.15, -0.1) is 0 Å². The molecule has 0 aliphatic carbocycles. The van der Waals surface area contributed by atoms with E-state index in [1.165, 1.54) is 0 Å². The highest BCUT2D eigenvalue weighted by molar-refractivity contribution is 7.91. The summed E-state index contributed by atoms with van der Waals surface area (Å²) >= 11 is 0. The highest BCUT2D eigenvalue weighted by Crippen LogP contribution is 1.98. The first-order valence-corrected chi connectivity index (χ1v) is 6.87. The van der Waals surface area contributed by atoms with Gasteiger partial charge in [0.25, 0.3) is 0 Å². The SMILES string of the molecule is CCCCC=CCS(=O)(=O)CCC(=O)O. The lowest BCUT2D eigenvalue weighted by molar-refractivity contribution is -0.136. The molecule has 4 nitrogen and oxygen atoms in total. The molecule has 0 spiro atoms. The lowest BCUT2D eigenvalue weighted by Crippen LogP contribution is -2.12. The van der Waals surface area contributed by atoms with Crippen LogP contribution in [0.25, 0.3) is 0 Å². The van der Waals surface area contributed by atoms with Crippen molar-refractivity contribution in [1.82, 2.24) is 0 Å². The molecule has 0 aliphatic rings. The molecule has 0 saturated heterocycles. The summed E-state index contributed by atoms with van der Waals surface area (Å²) in [4.78, 5) is 10.2.